The molecule has 2 unspecified atom stereocenters. The second-order valence-corrected chi connectivity index (χ2v) is 17.0. The molecule has 0 radical (unpaired) electrons. The first kappa shape index (κ1) is 52.9. The Labute approximate surface area is 337 Å². The van der Waals surface area contributed by atoms with Gasteiger partial charge in [-0.25, -0.2) is 0 Å². The van der Waals surface area contributed by atoms with Crippen LogP contribution in [-0.2, 0) is 19.1 Å². The fourth-order valence-corrected chi connectivity index (χ4v) is 7.85. The number of carbonyl (C=O) groups is 2. The van der Waals surface area contributed by atoms with Gasteiger partial charge in [-0.2, -0.15) is 0 Å². The Morgan fingerprint density at radius 2 is 0.796 bits per heavy atom. The number of carbonyl (C=O) groups excluding carboxylic acids is 2. The Kier molecular flexibility index (Phi) is 40.6. The molecule has 0 saturated heterocycles. The summed E-state index contributed by atoms with van der Waals surface area (Å²) in [6.07, 6.45) is 39.7. The van der Waals surface area contributed by atoms with E-state index in [1.807, 2.05) is 0 Å². The van der Waals surface area contributed by atoms with Crippen LogP contribution in [0.25, 0.3) is 0 Å². The van der Waals surface area contributed by atoms with Crippen molar-refractivity contribution in [1.82, 2.24) is 4.90 Å². The van der Waals surface area contributed by atoms with Crippen LogP contribution in [0.4, 0.5) is 0 Å². The van der Waals surface area contributed by atoms with Gasteiger partial charge in [0.2, 0.25) is 0 Å². The molecule has 0 fully saturated rings. The zero-order valence-corrected chi connectivity index (χ0v) is 37.1. The molecule has 0 aliphatic carbocycles. The molecule has 322 valence electrons. The molecule has 0 aromatic rings. The van der Waals surface area contributed by atoms with Gasteiger partial charge < -0.3 is 19.5 Å². The molecule has 0 aromatic carbocycles. The van der Waals surface area contributed by atoms with E-state index in [0.29, 0.717) is 43.9 Å². The summed E-state index contributed by atoms with van der Waals surface area (Å²) in [7, 11) is 2.27. The molecule has 0 aliphatic rings. The monoisotopic (exact) mass is 766 g/mol. The van der Waals surface area contributed by atoms with Gasteiger partial charge in [0.25, 0.3) is 0 Å². The third kappa shape index (κ3) is 35.3. The van der Waals surface area contributed by atoms with Crippen LogP contribution in [-0.4, -0.2) is 61.4 Å². The number of esters is 2. The fraction of sp³-hybridized carbons (Fsp3) is 0.958. The summed E-state index contributed by atoms with van der Waals surface area (Å²) in [5.41, 5.74) is 0. The first-order valence-corrected chi connectivity index (χ1v) is 24.0. The van der Waals surface area contributed by atoms with Gasteiger partial charge in [-0.15, -0.1) is 0 Å². The van der Waals surface area contributed by atoms with Crippen LogP contribution in [0, 0.1) is 11.8 Å². The summed E-state index contributed by atoms with van der Waals surface area (Å²) in [4.78, 5) is 27.4. The largest absolute Gasteiger partial charge is 0.465 e. The Bertz CT molecular complexity index is 735. The summed E-state index contributed by atoms with van der Waals surface area (Å²) in [5.74, 6) is 1.10. The second-order valence-electron chi connectivity index (χ2n) is 17.0. The fourth-order valence-electron chi connectivity index (χ4n) is 7.85. The number of unbranched alkanes of at least 4 members (excludes halogenated alkanes) is 19. The number of nitrogens with zero attached hydrogens (tertiary/aromatic N) is 1. The number of rotatable bonds is 43. The molecule has 0 aliphatic heterocycles. The number of hydrogen-bond acceptors (Lipinski definition) is 6. The third-order valence-electron chi connectivity index (χ3n) is 11.7. The van der Waals surface area contributed by atoms with Crippen LogP contribution < -0.4 is 0 Å². The molecular weight excluding hydrogens is 671 g/mol. The highest BCUT2D eigenvalue weighted by Gasteiger charge is 2.15. The van der Waals surface area contributed by atoms with Crippen LogP contribution in [0.15, 0.2) is 0 Å². The minimum absolute atomic E-state index is 0.00620. The second kappa shape index (κ2) is 41.5. The quantitative estimate of drug-likeness (QED) is 0.0492. The van der Waals surface area contributed by atoms with Gasteiger partial charge in [0.1, 0.15) is 0 Å². The SMILES string of the molecule is CCCCCCC(CCCC)COC(=O)CCCCCCCCC(CCCCCCCCC(=O)OCC(CCCC)CCCCCC)N(C)CCCCO. The van der Waals surface area contributed by atoms with E-state index in [4.69, 9.17) is 9.47 Å². The van der Waals surface area contributed by atoms with Crippen molar-refractivity contribution in [2.75, 3.05) is 33.4 Å². The number of ether oxygens (including phenoxy) is 2. The minimum Gasteiger partial charge on any atom is -0.465 e. The van der Waals surface area contributed by atoms with Crippen LogP contribution in [0.3, 0.4) is 0 Å². The van der Waals surface area contributed by atoms with Gasteiger partial charge >= 0.3 is 11.9 Å². The van der Waals surface area contributed by atoms with E-state index in [-0.39, 0.29) is 18.5 Å². The lowest BCUT2D eigenvalue weighted by atomic mass is 9.96. The lowest BCUT2D eigenvalue weighted by Gasteiger charge is -2.28. The summed E-state index contributed by atoms with van der Waals surface area (Å²) >= 11 is 0. The Hall–Kier alpha value is -1.14. The summed E-state index contributed by atoms with van der Waals surface area (Å²) in [6, 6.07) is 0.619. The highest BCUT2D eigenvalue weighted by molar-refractivity contribution is 5.69. The van der Waals surface area contributed by atoms with Crippen molar-refractivity contribution in [1.29, 1.82) is 0 Å². The maximum atomic E-state index is 12.4. The lowest BCUT2D eigenvalue weighted by molar-refractivity contribution is -0.146. The number of aliphatic hydroxyl groups excluding tert-OH is 1. The van der Waals surface area contributed by atoms with Crippen LogP contribution in [0.1, 0.15) is 246 Å². The standard InChI is InChI=1S/C48H95NO5/c1-6-10-14-24-34-44(32-12-8-3)42-53-47(51)38-28-22-18-16-20-26-36-46(49(5)40-30-31-41-50)37-27-21-17-19-23-29-39-48(52)54-43-45(33-13-9-4)35-25-15-11-7-2/h44-46,50H,6-43H2,1-5H3. The van der Waals surface area contributed by atoms with Gasteiger partial charge in [-0.05, 0) is 89.6 Å². The van der Waals surface area contributed by atoms with Crippen LogP contribution >= 0.6 is 0 Å². The van der Waals surface area contributed by atoms with Crippen molar-refractivity contribution in [2.45, 2.75) is 252 Å². The summed E-state index contributed by atoms with van der Waals surface area (Å²) in [5, 5.41) is 9.27. The molecule has 0 aromatic heterocycles. The normalized spacial score (nSPS) is 13.3. The summed E-state index contributed by atoms with van der Waals surface area (Å²) in [6.45, 7) is 11.6. The molecule has 0 spiro atoms. The van der Waals surface area contributed by atoms with Crippen LogP contribution in [0.2, 0.25) is 0 Å². The van der Waals surface area contributed by atoms with Crippen molar-refractivity contribution in [3.05, 3.63) is 0 Å². The minimum atomic E-state index is 0.00620. The average Bonchev–Trinajstić information content (AvgIpc) is 3.17. The van der Waals surface area contributed by atoms with E-state index >= 15 is 0 Å². The molecule has 0 amide bonds. The molecule has 0 bridgehead atoms. The zero-order valence-electron chi connectivity index (χ0n) is 37.1. The van der Waals surface area contributed by atoms with E-state index in [9.17, 15) is 14.7 Å². The molecule has 0 heterocycles. The van der Waals surface area contributed by atoms with Gasteiger partial charge in [0.05, 0.1) is 13.2 Å². The van der Waals surface area contributed by atoms with Crippen molar-refractivity contribution in [3.8, 4) is 0 Å². The maximum Gasteiger partial charge on any atom is 0.305 e. The third-order valence-corrected chi connectivity index (χ3v) is 11.7. The van der Waals surface area contributed by atoms with Crippen molar-refractivity contribution in [3.63, 3.8) is 0 Å². The van der Waals surface area contributed by atoms with E-state index in [2.05, 4.69) is 39.6 Å². The highest BCUT2D eigenvalue weighted by Crippen LogP contribution is 2.21. The Morgan fingerprint density at radius 3 is 1.20 bits per heavy atom. The van der Waals surface area contributed by atoms with E-state index in [1.54, 1.807) is 0 Å². The molecule has 0 rings (SSSR count). The van der Waals surface area contributed by atoms with E-state index < -0.39 is 0 Å². The Morgan fingerprint density at radius 1 is 0.444 bits per heavy atom. The number of hydrogen-bond donors (Lipinski definition) is 1. The number of aliphatic hydroxyl groups is 1. The van der Waals surface area contributed by atoms with Gasteiger partial charge in [0, 0.05) is 25.5 Å². The van der Waals surface area contributed by atoms with Crippen molar-refractivity contribution < 1.29 is 24.2 Å². The van der Waals surface area contributed by atoms with Crippen LogP contribution in [0.5, 0.6) is 0 Å². The average molecular weight is 766 g/mol. The van der Waals surface area contributed by atoms with Crippen molar-refractivity contribution >= 4 is 11.9 Å². The molecule has 6 nitrogen and oxygen atoms in total. The predicted molar refractivity (Wildman–Crippen MR) is 232 cm³/mol. The highest BCUT2D eigenvalue weighted by atomic mass is 16.5. The molecule has 6 heteroatoms. The van der Waals surface area contributed by atoms with Crippen molar-refractivity contribution in [2.24, 2.45) is 11.8 Å². The van der Waals surface area contributed by atoms with E-state index in [1.165, 1.54) is 167 Å². The topological polar surface area (TPSA) is 76.1 Å². The van der Waals surface area contributed by atoms with Gasteiger partial charge in [-0.1, -0.05) is 169 Å². The predicted octanol–water partition coefficient (Wildman–Crippen LogP) is 13.9. The smallest absolute Gasteiger partial charge is 0.305 e. The van der Waals surface area contributed by atoms with Gasteiger partial charge in [0.15, 0.2) is 0 Å². The summed E-state index contributed by atoms with van der Waals surface area (Å²) < 4.78 is 11.4. The maximum absolute atomic E-state index is 12.4. The molecular formula is C48H95NO5. The zero-order chi connectivity index (χ0) is 39.7. The molecule has 1 N–H and O–H groups in total. The first-order valence-electron chi connectivity index (χ1n) is 24.0. The van der Waals surface area contributed by atoms with Gasteiger partial charge in [-0.3, -0.25) is 9.59 Å². The first-order chi connectivity index (χ1) is 26.4. The lowest BCUT2D eigenvalue weighted by Crippen LogP contribution is -2.32. The molecule has 0 saturated carbocycles. The van der Waals surface area contributed by atoms with E-state index in [0.717, 1.165) is 45.1 Å². The Balaban J connectivity index is 4.20. The molecule has 2 atom stereocenters. The molecule has 54 heavy (non-hydrogen) atoms.